The number of hydrogen-bond acceptors (Lipinski definition) is 2. The Balaban J connectivity index is 0.00000300. The van der Waals surface area contributed by atoms with E-state index in [0.717, 1.165) is 31.7 Å². The average molecular weight is 515 g/mol. The van der Waals surface area contributed by atoms with Gasteiger partial charge in [-0.15, -0.1) is 24.0 Å². The SMILES string of the molecule is CCNC(=NCC1CCOC1c1ccccc1)NCCc1cc(F)ccc1F.I. The first-order valence-corrected chi connectivity index (χ1v) is 9.80. The van der Waals surface area contributed by atoms with Crippen LogP contribution in [-0.2, 0) is 11.2 Å². The zero-order valence-corrected chi connectivity index (χ0v) is 18.9. The lowest BCUT2D eigenvalue weighted by atomic mass is 9.95. The van der Waals surface area contributed by atoms with Crippen LogP contribution in [0.2, 0.25) is 0 Å². The van der Waals surface area contributed by atoms with Crippen molar-refractivity contribution in [3.8, 4) is 0 Å². The van der Waals surface area contributed by atoms with Crippen LogP contribution in [0.15, 0.2) is 53.5 Å². The van der Waals surface area contributed by atoms with Crippen LogP contribution in [0.3, 0.4) is 0 Å². The lowest BCUT2D eigenvalue weighted by Crippen LogP contribution is -2.38. The molecule has 2 atom stereocenters. The minimum Gasteiger partial charge on any atom is -0.373 e. The largest absolute Gasteiger partial charge is 0.373 e. The van der Waals surface area contributed by atoms with Gasteiger partial charge in [-0.3, -0.25) is 4.99 Å². The maximum absolute atomic E-state index is 13.7. The lowest BCUT2D eigenvalue weighted by Gasteiger charge is -2.18. The molecule has 29 heavy (non-hydrogen) atoms. The van der Waals surface area contributed by atoms with Crippen LogP contribution >= 0.6 is 24.0 Å². The molecule has 0 bridgehead atoms. The fourth-order valence-corrected chi connectivity index (χ4v) is 3.43. The van der Waals surface area contributed by atoms with Crippen molar-refractivity contribution in [1.82, 2.24) is 10.6 Å². The normalized spacial score (nSPS) is 18.9. The highest BCUT2D eigenvalue weighted by atomic mass is 127. The van der Waals surface area contributed by atoms with E-state index in [9.17, 15) is 8.78 Å². The number of guanidine groups is 1. The molecule has 1 heterocycles. The first kappa shape index (κ1) is 23.5. The predicted octanol–water partition coefficient (Wildman–Crippen LogP) is 4.46. The maximum atomic E-state index is 13.7. The van der Waals surface area contributed by atoms with E-state index in [0.29, 0.717) is 37.0 Å². The van der Waals surface area contributed by atoms with Crippen LogP contribution in [0.5, 0.6) is 0 Å². The molecule has 3 rings (SSSR count). The van der Waals surface area contributed by atoms with Crippen LogP contribution in [0.25, 0.3) is 0 Å². The summed E-state index contributed by atoms with van der Waals surface area (Å²) in [6.45, 7) is 4.57. The van der Waals surface area contributed by atoms with Gasteiger partial charge in [0.25, 0.3) is 0 Å². The highest BCUT2D eigenvalue weighted by molar-refractivity contribution is 14.0. The first-order valence-electron chi connectivity index (χ1n) is 9.80. The van der Waals surface area contributed by atoms with E-state index in [1.54, 1.807) is 0 Å². The lowest BCUT2D eigenvalue weighted by molar-refractivity contribution is 0.0925. The number of halogens is 3. The zero-order chi connectivity index (χ0) is 19.8. The summed E-state index contributed by atoms with van der Waals surface area (Å²) in [4.78, 5) is 4.69. The summed E-state index contributed by atoms with van der Waals surface area (Å²) < 4.78 is 33.0. The van der Waals surface area contributed by atoms with E-state index in [4.69, 9.17) is 4.74 Å². The molecule has 2 N–H and O–H groups in total. The smallest absolute Gasteiger partial charge is 0.191 e. The van der Waals surface area contributed by atoms with Gasteiger partial charge in [0.2, 0.25) is 0 Å². The summed E-state index contributed by atoms with van der Waals surface area (Å²) in [5.41, 5.74) is 1.54. The van der Waals surface area contributed by atoms with Gasteiger partial charge in [-0.1, -0.05) is 30.3 Å². The van der Waals surface area contributed by atoms with Gasteiger partial charge in [0.05, 0.1) is 6.10 Å². The Morgan fingerprint density at radius 2 is 1.93 bits per heavy atom. The summed E-state index contributed by atoms with van der Waals surface area (Å²) in [7, 11) is 0. The quantitative estimate of drug-likeness (QED) is 0.325. The molecule has 0 spiro atoms. The molecule has 0 amide bonds. The number of aliphatic imine (C=N–C) groups is 1. The van der Waals surface area contributed by atoms with Gasteiger partial charge in [-0.2, -0.15) is 0 Å². The molecule has 1 fully saturated rings. The molecule has 2 unspecified atom stereocenters. The Labute approximate surface area is 188 Å². The van der Waals surface area contributed by atoms with Crippen molar-refractivity contribution in [3.63, 3.8) is 0 Å². The second-order valence-electron chi connectivity index (χ2n) is 6.88. The van der Waals surface area contributed by atoms with Crippen LogP contribution in [0.1, 0.15) is 30.6 Å². The van der Waals surface area contributed by atoms with E-state index in [2.05, 4.69) is 27.8 Å². The van der Waals surface area contributed by atoms with Crippen LogP contribution < -0.4 is 10.6 Å². The van der Waals surface area contributed by atoms with Gasteiger partial charge >= 0.3 is 0 Å². The van der Waals surface area contributed by atoms with Crippen molar-refractivity contribution in [2.75, 3.05) is 26.2 Å². The van der Waals surface area contributed by atoms with Crippen molar-refractivity contribution >= 4 is 29.9 Å². The molecular weight excluding hydrogens is 487 g/mol. The van der Waals surface area contributed by atoms with Gasteiger partial charge in [0.1, 0.15) is 11.6 Å². The van der Waals surface area contributed by atoms with Crippen molar-refractivity contribution in [2.45, 2.75) is 25.9 Å². The van der Waals surface area contributed by atoms with Gasteiger partial charge in [0, 0.05) is 32.2 Å². The molecule has 0 aromatic heterocycles. The number of rotatable bonds is 7. The van der Waals surface area contributed by atoms with Gasteiger partial charge in [-0.05, 0) is 49.1 Å². The monoisotopic (exact) mass is 515 g/mol. The van der Waals surface area contributed by atoms with Crippen LogP contribution in [-0.4, -0.2) is 32.2 Å². The van der Waals surface area contributed by atoms with Crippen molar-refractivity contribution in [2.24, 2.45) is 10.9 Å². The van der Waals surface area contributed by atoms with E-state index >= 15 is 0 Å². The molecule has 2 aromatic carbocycles. The summed E-state index contributed by atoms with van der Waals surface area (Å²) in [5.74, 6) is 0.181. The van der Waals surface area contributed by atoms with Crippen LogP contribution in [0.4, 0.5) is 8.78 Å². The topological polar surface area (TPSA) is 45.7 Å². The molecule has 2 aromatic rings. The van der Waals surface area contributed by atoms with E-state index in [1.165, 1.54) is 11.6 Å². The molecule has 1 aliphatic rings. The molecule has 7 heteroatoms. The van der Waals surface area contributed by atoms with E-state index in [-0.39, 0.29) is 35.9 Å². The zero-order valence-electron chi connectivity index (χ0n) is 16.5. The van der Waals surface area contributed by atoms with Crippen molar-refractivity contribution in [1.29, 1.82) is 0 Å². The third-order valence-corrected chi connectivity index (χ3v) is 4.86. The fourth-order valence-electron chi connectivity index (χ4n) is 3.43. The molecular formula is C22H28F2IN3O. The molecule has 158 valence electrons. The standard InChI is InChI=1S/C22H27F2N3O.HI/c1-2-25-22(26-12-10-17-14-19(23)8-9-20(17)24)27-15-18-11-13-28-21(18)16-6-4-3-5-7-16;/h3-9,14,18,21H,2,10-13,15H2,1H3,(H2,25,26,27);1H. The molecule has 4 nitrogen and oxygen atoms in total. The Kier molecular flexibility index (Phi) is 9.80. The Morgan fingerprint density at radius 1 is 1.14 bits per heavy atom. The second-order valence-corrected chi connectivity index (χ2v) is 6.88. The van der Waals surface area contributed by atoms with Crippen molar-refractivity contribution < 1.29 is 13.5 Å². The van der Waals surface area contributed by atoms with Crippen molar-refractivity contribution in [3.05, 3.63) is 71.3 Å². The van der Waals surface area contributed by atoms with Crippen LogP contribution in [0, 0.1) is 17.6 Å². The number of benzene rings is 2. The highest BCUT2D eigenvalue weighted by Gasteiger charge is 2.29. The third-order valence-electron chi connectivity index (χ3n) is 4.86. The average Bonchev–Trinajstić information content (AvgIpc) is 3.18. The highest BCUT2D eigenvalue weighted by Crippen LogP contribution is 2.34. The van der Waals surface area contributed by atoms with Gasteiger partial charge < -0.3 is 15.4 Å². The molecule has 1 saturated heterocycles. The predicted molar refractivity (Wildman–Crippen MR) is 123 cm³/mol. The summed E-state index contributed by atoms with van der Waals surface area (Å²) >= 11 is 0. The number of nitrogens with zero attached hydrogens (tertiary/aromatic N) is 1. The number of ether oxygens (including phenoxy) is 1. The number of hydrogen-bond donors (Lipinski definition) is 2. The second kappa shape index (κ2) is 12.1. The number of nitrogens with one attached hydrogen (secondary N) is 2. The first-order chi connectivity index (χ1) is 13.7. The molecule has 1 aliphatic heterocycles. The maximum Gasteiger partial charge on any atom is 0.191 e. The summed E-state index contributed by atoms with van der Waals surface area (Å²) in [6.07, 6.45) is 1.42. The summed E-state index contributed by atoms with van der Waals surface area (Å²) in [6, 6.07) is 13.7. The molecule has 0 radical (unpaired) electrons. The molecule has 0 saturated carbocycles. The Bertz CT molecular complexity index is 789. The Morgan fingerprint density at radius 3 is 2.69 bits per heavy atom. The third kappa shape index (κ3) is 6.92. The summed E-state index contributed by atoms with van der Waals surface area (Å²) in [5, 5.41) is 6.41. The van der Waals surface area contributed by atoms with Gasteiger partial charge in [-0.25, -0.2) is 8.78 Å². The fraction of sp³-hybridized carbons (Fsp3) is 0.409. The van der Waals surface area contributed by atoms with Gasteiger partial charge in [0.15, 0.2) is 5.96 Å². The van der Waals surface area contributed by atoms with E-state index in [1.807, 2.05) is 25.1 Å². The Hall–Kier alpha value is -1.74. The molecule has 0 aliphatic carbocycles. The minimum atomic E-state index is -0.426. The minimum absolute atomic E-state index is 0. The van der Waals surface area contributed by atoms with E-state index < -0.39 is 5.82 Å².